The van der Waals surface area contributed by atoms with Crippen molar-refractivity contribution in [1.29, 1.82) is 0 Å². The van der Waals surface area contributed by atoms with E-state index >= 15 is 0 Å². The van der Waals surface area contributed by atoms with Crippen LogP contribution in [-0.2, 0) is 6.42 Å². The van der Waals surface area contributed by atoms with Gasteiger partial charge in [0.05, 0.1) is 17.6 Å². The van der Waals surface area contributed by atoms with Crippen LogP contribution in [0.5, 0.6) is 0 Å². The van der Waals surface area contributed by atoms with Crippen molar-refractivity contribution < 1.29 is 0 Å². The van der Waals surface area contributed by atoms with Crippen molar-refractivity contribution in [2.45, 2.75) is 65.0 Å². The summed E-state index contributed by atoms with van der Waals surface area (Å²) in [6.07, 6.45) is 7.06. The van der Waals surface area contributed by atoms with Gasteiger partial charge in [0.25, 0.3) is 0 Å². The molecule has 2 N–H and O–H groups in total. The van der Waals surface area contributed by atoms with Crippen LogP contribution in [0.2, 0.25) is 0 Å². The zero-order valence-electron chi connectivity index (χ0n) is 18.1. The third kappa shape index (κ3) is 4.56. The molecule has 0 unspecified atom stereocenters. The van der Waals surface area contributed by atoms with Gasteiger partial charge in [0.2, 0.25) is 0 Å². The lowest BCUT2D eigenvalue weighted by Gasteiger charge is -2.46. The molecule has 2 aromatic heterocycles. The fourth-order valence-electron chi connectivity index (χ4n) is 5.13. The topological polar surface area (TPSA) is 66.5 Å². The summed E-state index contributed by atoms with van der Waals surface area (Å²) in [5, 5.41) is 19.8. The van der Waals surface area contributed by atoms with Crippen molar-refractivity contribution in [2.24, 2.45) is 5.92 Å². The van der Waals surface area contributed by atoms with Crippen molar-refractivity contribution in [1.82, 2.24) is 25.7 Å². The highest BCUT2D eigenvalue weighted by Gasteiger charge is 2.37. The number of hydrogen-bond acceptors (Lipinski definition) is 4. The molecule has 3 aromatic rings. The van der Waals surface area contributed by atoms with Gasteiger partial charge in [-0.1, -0.05) is 18.2 Å². The van der Waals surface area contributed by atoms with Crippen LogP contribution >= 0.6 is 0 Å². The predicted octanol–water partition coefficient (Wildman–Crippen LogP) is 4.94. The van der Waals surface area contributed by atoms with E-state index in [0.29, 0.717) is 5.92 Å². The Kier molecular flexibility index (Phi) is 5.03. The van der Waals surface area contributed by atoms with Crippen LogP contribution < -0.4 is 5.32 Å². The van der Waals surface area contributed by atoms with E-state index in [1.807, 2.05) is 12.4 Å². The molecule has 0 atom stereocenters. The van der Waals surface area contributed by atoms with Crippen LogP contribution in [0, 0.1) is 12.8 Å². The first-order valence-corrected chi connectivity index (χ1v) is 10.4. The van der Waals surface area contributed by atoms with E-state index in [4.69, 9.17) is 0 Å². The molecule has 1 aliphatic rings. The van der Waals surface area contributed by atoms with Crippen LogP contribution in [-0.4, -0.2) is 31.5 Å². The van der Waals surface area contributed by atoms with Crippen LogP contribution in [0.1, 0.15) is 51.8 Å². The van der Waals surface area contributed by atoms with Crippen LogP contribution in [0.15, 0.2) is 42.7 Å². The largest absolute Gasteiger partial charge is 0.307 e. The zero-order valence-corrected chi connectivity index (χ0v) is 18.1. The summed E-state index contributed by atoms with van der Waals surface area (Å²) in [6, 6.07) is 10.7. The monoisotopic (exact) mass is 389 g/mol. The van der Waals surface area contributed by atoms with Gasteiger partial charge in [-0.3, -0.25) is 5.10 Å². The fourth-order valence-corrected chi connectivity index (χ4v) is 5.13. The number of aromatic amines is 1. The van der Waals surface area contributed by atoms with E-state index < -0.39 is 0 Å². The lowest BCUT2D eigenvalue weighted by atomic mass is 9.74. The maximum atomic E-state index is 4.57. The molecule has 4 rings (SSSR count). The molecule has 0 bridgehead atoms. The Morgan fingerprint density at radius 3 is 2.31 bits per heavy atom. The predicted molar refractivity (Wildman–Crippen MR) is 118 cm³/mol. The average molecular weight is 390 g/mol. The summed E-state index contributed by atoms with van der Waals surface area (Å²) in [5.74, 6) is 0.623. The first-order valence-electron chi connectivity index (χ1n) is 10.4. The average Bonchev–Trinajstić information content (AvgIpc) is 3.14. The summed E-state index contributed by atoms with van der Waals surface area (Å²) >= 11 is 0. The normalized spacial score (nSPS) is 18.7. The lowest BCUT2D eigenvalue weighted by Crippen LogP contribution is -2.58. The van der Waals surface area contributed by atoms with E-state index in [1.165, 1.54) is 5.56 Å². The molecule has 1 aromatic carbocycles. The summed E-state index contributed by atoms with van der Waals surface area (Å²) in [4.78, 5) is 0. The minimum atomic E-state index is 0.160. The number of aromatic nitrogens is 4. The Balaban J connectivity index is 1.50. The third-order valence-electron chi connectivity index (χ3n) is 5.83. The van der Waals surface area contributed by atoms with Crippen molar-refractivity contribution in [3.05, 3.63) is 54.0 Å². The van der Waals surface area contributed by atoms with Gasteiger partial charge in [-0.15, -0.1) is 0 Å². The molecule has 3 heterocycles. The third-order valence-corrected chi connectivity index (χ3v) is 5.83. The van der Waals surface area contributed by atoms with Crippen molar-refractivity contribution >= 4 is 0 Å². The number of aryl methyl sites for hydroxylation is 1. The van der Waals surface area contributed by atoms with Crippen molar-refractivity contribution in [2.75, 3.05) is 0 Å². The van der Waals surface area contributed by atoms with Gasteiger partial charge in [-0.25, -0.2) is 0 Å². The Morgan fingerprint density at radius 2 is 1.72 bits per heavy atom. The van der Waals surface area contributed by atoms with Gasteiger partial charge < -0.3 is 5.32 Å². The number of rotatable bonds is 4. The second-order valence-electron chi connectivity index (χ2n) is 9.80. The highest BCUT2D eigenvalue weighted by Crippen LogP contribution is 2.34. The molecule has 1 fully saturated rings. The van der Waals surface area contributed by atoms with Gasteiger partial charge >= 0.3 is 0 Å². The smallest absolute Gasteiger partial charge is 0.0932 e. The molecule has 0 saturated carbocycles. The lowest BCUT2D eigenvalue weighted by molar-refractivity contribution is 0.128. The summed E-state index contributed by atoms with van der Waals surface area (Å²) < 4.78 is 0. The zero-order chi connectivity index (χ0) is 20.6. The van der Waals surface area contributed by atoms with E-state index in [1.54, 1.807) is 0 Å². The number of hydrogen-bond donors (Lipinski definition) is 2. The molecule has 1 aliphatic heterocycles. The van der Waals surface area contributed by atoms with Gasteiger partial charge in [0, 0.05) is 28.4 Å². The Morgan fingerprint density at radius 1 is 0.966 bits per heavy atom. The molecule has 0 aliphatic carbocycles. The molecule has 0 radical (unpaired) electrons. The molecular weight excluding hydrogens is 358 g/mol. The highest BCUT2D eigenvalue weighted by molar-refractivity contribution is 5.71. The Bertz CT molecular complexity index is 955. The van der Waals surface area contributed by atoms with Crippen LogP contribution in [0.4, 0.5) is 0 Å². The molecule has 5 heteroatoms. The van der Waals surface area contributed by atoms with Crippen LogP contribution in [0.3, 0.4) is 0 Å². The summed E-state index contributed by atoms with van der Waals surface area (Å²) in [5.41, 5.74) is 6.89. The van der Waals surface area contributed by atoms with E-state index in [-0.39, 0.29) is 11.1 Å². The van der Waals surface area contributed by atoms with Gasteiger partial charge in [0.15, 0.2) is 0 Å². The summed E-state index contributed by atoms with van der Waals surface area (Å²) in [6.45, 7) is 11.3. The molecule has 1 saturated heterocycles. The molecule has 152 valence electrons. The maximum absolute atomic E-state index is 4.57. The number of nitrogens with zero attached hydrogens (tertiary/aromatic N) is 3. The second-order valence-corrected chi connectivity index (χ2v) is 9.80. The number of piperidine rings is 1. The van der Waals surface area contributed by atoms with Crippen molar-refractivity contribution in [3.63, 3.8) is 0 Å². The van der Waals surface area contributed by atoms with E-state index in [2.05, 4.69) is 90.7 Å². The first-order chi connectivity index (χ1) is 13.7. The van der Waals surface area contributed by atoms with Gasteiger partial charge in [-0.05, 0) is 83.1 Å². The Hall–Kier alpha value is -2.53. The molecule has 29 heavy (non-hydrogen) atoms. The van der Waals surface area contributed by atoms with E-state index in [9.17, 15) is 0 Å². The number of nitrogens with one attached hydrogen (secondary N) is 2. The summed E-state index contributed by atoms with van der Waals surface area (Å²) in [7, 11) is 0. The second kappa shape index (κ2) is 7.38. The molecule has 5 nitrogen and oxygen atoms in total. The maximum Gasteiger partial charge on any atom is 0.0932 e. The van der Waals surface area contributed by atoms with E-state index in [0.717, 1.165) is 47.3 Å². The van der Waals surface area contributed by atoms with Crippen molar-refractivity contribution in [3.8, 4) is 22.4 Å². The standard InChI is InChI=1S/C24H31N5/c1-16-10-18(19-14-25-26-15-19)6-8-21(16)22-9-7-20(27-28-22)11-17-12-23(2,3)29-24(4,5)13-17/h6-10,14-15,17,29H,11-13H2,1-5H3,(H,25,26). The molecule has 0 amide bonds. The number of H-pyrrole nitrogens is 1. The Labute approximate surface area is 173 Å². The first kappa shape index (κ1) is 19.8. The SMILES string of the molecule is Cc1cc(-c2cn[nH]c2)ccc1-c1ccc(CC2CC(C)(C)NC(C)(C)C2)nn1. The fraction of sp³-hybridized carbons (Fsp3) is 0.458. The van der Waals surface area contributed by atoms with Gasteiger partial charge in [-0.2, -0.15) is 15.3 Å². The molecule has 0 spiro atoms. The highest BCUT2D eigenvalue weighted by atomic mass is 15.1. The van der Waals surface area contributed by atoms with Crippen LogP contribution in [0.25, 0.3) is 22.4 Å². The minimum Gasteiger partial charge on any atom is -0.307 e. The molecular formula is C24H31N5. The number of benzene rings is 1. The minimum absolute atomic E-state index is 0.160. The van der Waals surface area contributed by atoms with Gasteiger partial charge in [0.1, 0.15) is 0 Å². The quantitative estimate of drug-likeness (QED) is 0.663.